The molecule has 2 fully saturated rings. The molecule has 6 nitrogen and oxygen atoms in total. The molecule has 0 aromatic rings. The molecule has 124 valence electrons. The molecule has 0 radical (unpaired) electrons. The number of carboxylic acid groups (broad SMARTS) is 1. The third-order valence-electron chi connectivity index (χ3n) is 4.68. The van der Waals surface area contributed by atoms with Crippen LogP contribution in [0.1, 0.15) is 39.5 Å². The topological polar surface area (TPSA) is 86.7 Å². The number of nitrogens with one attached hydrogen (secondary N) is 1. The number of hydrogen-bond acceptors (Lipinski definition) is 4. The van der Waals surface area contributed by atoms with Crippen molar-refractivity contribution in [3.05, 3.63) is 0 Å². The standard InChI is InChI=1S/C15H24N2O4S/c1-9(15(20)21)10(2)16-13(18)12-7-22-8-17(12)14(19)11-5-3-4-6-11/h9-12H,3-8H2,1-2H3,(H,16,18)(H,20,21). The Kier molecular flexibility index (Phi) is 5.72. The van der Waals surface area contributed by atoms with Crippen LogP contribution in [0.3, 0.4) is 0 Å². The molecular weight excluding hydrogens is 304 g/mol. The van der Waals surface area contributed by atoms with Crippen molar-refractivity contribution in [1.82, 2.24) is 10.2 Å². The van der Waals surface area contributed by atoms with Crippen LogP contribution in [0.2, 0.25) is 0 Å². The summed E-state index contributed by atoms with van der Waals surface area (Å²) in [5.41, 5.74) is 0. The number of carboxylic acids is 1. The van der Waals surface area contributed by atoms with E-state index in [4.69, 9.17) is 5.11 Å². The quantitative estimate of drug-likeness (QED) is 0.794. The molecule has 0 aromatic carbocycles. The SMILES string of the molecule is CC(NC(=O)C1CSCN1C(=O)C1CCCC1)C(C)C(=O)O. The minimum absolute atomic E-state index is 0.0596. The summed E-state index contributed by atoms with van der Waals surface area (Å²) >= 11 is 1.58. The Hall–Kier alpha value is -1.24. The molecule has 2 amide bonds. The van der Waals surface area contributed by atoms with E-state index in [1.807, 2.05) is 0 Å². The van der Waals surface area contributed by atoms with Crippen LogP contribution in [-0.2, 0) is 14.4 Å². The van der Waals surface area contributed by atoms with Gasteiger partial charge < -0.3 is 15.3 Å². The first kappa shape index (κ1) is 17.1. The van der Waals surface area contributed by atoms with Crippen LogP contribution in [0.5, 0.6) is 0 Å². The van der Waals surface area contributed by atoms with Crippen LogP contribution in [0.4, 0.5) is 0 Å². The Balaban J connectivity index is 1.96. The van der Waals surface area contributed by atoms with Crippen molar-refractivity contribution in [1.29, 1.82) is 0 Å². The predicted molar refractivity (Wildman–Crippen MR) is 84.3 cm³/mol. The molecule has 1 saturated carbocycles. The van der Waals surface area contributed by atoms with E-state index in [1.54, 1.807) is 30.5 Å². The number of hydrogen-bond donors (Lipinski definition) is 2. The van der Waals surface area contributed by atoms with Gasteiger partial charge in [0.25, 0.3) is 0 Å². The van der Waals surface area contributed by atoms with Gasteiger partial charge in [0.2, 0.25) is 11.8 Å². The lowest BCUT2D eigenvalue weighted by Gasteiger charge is -2.27. The van der Waals surface area contributed by atoms with Crippen molar-refractivity contribution in [2.75, 3.05) is 11.6 Å². The summed E-state index contributed by atoms with van der Waals surface area (Å²) in [4.78, 5) is 37.6. The number of rotatable bonds is 5. The molecule has 2 aliphatic rings. The van der Waals surface area contributed by atoms with Gasteiger partial charge in [0, 0.05) is 17.7 Å². The maximum atomic E-state index is 12.5. The molecule has 3 atom stereocenters. The van der Waals surface area contributed by atoms with Crippen LogP contribution in [-0.4, -0.2) is 51.5 Å². The first-order valence-corrected chi connectivity index (χ1v) is 8.98. The van der Waals surface area contributed by atoms with Crippen molar-refractivity contribution in [3.8, 4) is 0 Å². The van der Waals surface area contributed by atoms with Crippen molar-refractivity contribution < 1.29 is 19.5 Å². The molecule has 7 heteroatoms. The maximum Gasteiger partial charge on any atom is 0.308 e. The summed E-state index contributed by atoms with van der Waals surface area (Å²) in [6.07, 6.45) is 4.00. The van der Waals surface area contributed by atoms with Gasteiger partial charge >= 0.3 is 5.97 Å². The third-order valence-corrected chi connectivity index (χ3v) is 5.69. The van der Waals surface area contributed by atoms with Crippen LogP contribution in [0, 0.1) is 11.8 Å². The number of carbonyl (C=O) groups excluding carboxylic acids is 2. The molecule has 1 saturated heterocycles. The molecule has 0 spiro atoms. The average Bonchev–Trinajstić information content (AvgIpc) is 3.16. The normalized spacial score (nSPS) is 25.0. The van der Waals surface area contributed by atoms with E-state index < -0.39 is 24.0 Å². The lowest BCUT2D eigenvalue weighted by molar-refractivity contribution is -0.144. The molecule has 1 aliphatic heterocycles. The molecule has 2 N–H and O–H groups in total. The van der Waals surface area contributed by atoms with E-state index in [0.29, 0.717) is 11.6 Å². The van der Waals surface area contributed by atoms with Gasteiger partial charge in [-0.3, -0.25) is 14.4 Å². The zero-order valence-electron chi connectivity index (χ0n) is 13.1. The van der Waals surface area contributed by atoms with Gasteiger partial charge in [-0.1, -0.05) is 12.8 Å². The summed E-state index contributed by atoms with van der Waals surface area (Å²) in [5, 5.41) is 11.7. The van der Waals surface area contributed by atoms with E-state index in [1.165, 1.54) is 0 Å². The minimum atomic E-state index is -0.938. The Morgan fingerprint density at radius 1 is 1.23 bits per heavy atom. The van der Waals surface area contributed by atoms with Crippen LogP contribution in [0.15, 0.2) is 0 Å². The summed E-state index contributed by atoms with van der Waals surface area (Å²) in [6.45, 7) is 3.25. The number of thioether (sulfide) groups is 1. The molecular formula is C15H24N2O4S. The highest BCUT2D eigenvalue weighted by atomic mass is 32.2. The van der Waals surface area contributed by atoms with Crippen LogP contribution in [0.25, 0.3) is 0 Å². The van der Waals surface area contributed by atoms with Gasteiger partial charge in [0.05, 0.1) is 11.8 Å². The fraction of sp³-hybridized carbons (Fsp3) is 0.800. The van der Waals surface area contributed by atoms with Gasteiger partial charge in [-0.15, -0.1) is 11.8 Å². The predicted octanol–water partition coefficient (Wildman–Crippen LogP) is 1.30. The number of nitrogens with zero attached hydrogens (tertiary/aromatic N) is 1. The monoisotopic (exact) mass is 328 g/mol. The smallest absolute Gasteiger partial charge is 0.308 e. The zero-order valence-corrected chi connectivity index (χ0v) is 13.9. The largest absolute Gasteiger partial charge is 0.481 e. The van der Waals surface area contributed by atoms with Crippen LogP contribution < -0.4 is 5.32 Å². The van der Waals surface area contributed by atoms with Crippen molar-refractivity contribution in [3.63, 3.8) is 0 Å². The van der Waals surface area contributed by atoms with Gasteiger partial charge in [0.15, 0.2) is 0 Å². The lowest BCUT2D eigenvalue weighted by atomic mass is 10.0. The molecule has 0 aromatic heterocycles. The molecule has 22 heavy (non-hydrogen) atoms. The highest BCUT2D eigenvalue weighted by molar-refractivity contribution is 7.99. The van der Waals surface area contributed by atoms with Gasteiger partial charge in [0.1, 0.15) is 6.04 Å². The van der Waals surface area contributed by atoms with Gasteiger partial charge in [-0.05, 0) is 26.7 Å². The molecule has 2 rings (SSSR count). The molecule has 0 bridgehead atoms. The third kappa shape index (κ3) is 3.74. The Morgan fingerprint density at radius 3 is 2.45 bits per heavy atom. The Morgan fingerprint density at radius 2 is 1.86 bits per heavy atom. The van der Waals surface area contributed by atoms with Crippen molar-refractivity contribution >= 4 is 29.5 Å². The van der Waals surface area contributed by atoms with Crippen molar-refractivity contribution in [2.24, 2.45) is 11.8 Å². The van der Waals surface area contributed by atoms with E-state index in [0.717, 1.165) is 25.7 Å². The number of amides is 2. The first-order valence-electron chi connectivity index (χ1n) is 7.83. The summed E-state index contributed by atoms with van der Waals surface area (Å²) in [5.74, 6) is -0.554. The van der Waals surface area contributed by atoms with Gasteiger partial charge in [-0.25, -0.2) is 0 Å². The lowest BCUT2D eigenvalue weighted by Crippen LogP contribution is -2.52. The van der Waals surface area contributed by atoms with E-state index in [-0.39, 0.29) is 17.7 Å². The number of aliphatic carboxylic acids is 1. The van der Waals surface area contributed by atoms with E-state index >= 15 is 0 Å². The summed E-state index contributed by atoms with van der Waals surface area (Å²) < 4.78 is 0. The highest BCUT2D eigenvalue weighted by Crippen LogP contribution is 2.30. The minimum Gasteiger partial charge on any atom is -0.481 e. The Labute approximate surface area is 135 Å². The second-order valence-electron chi connectivity index (χ2n) is 6.23. The second-order valence-corrected chi connectivity index (χ2v) is 7.23. The fourth-order valence-corrected chi connectivity index (χ4v) is 4.11. The fourth-order valence-electron chi connectivity index (χ4n) is 2.94. The molecule has 1 aliphatic carbocycles. The number of carbonyl (C=O) groups is 3. The van der Waals surface area contributed by atoms with Crippen LogP contribution >= 0.6 is 11.8 Å². The second kappa shape index (κ2) is 7.35. The maximum absolute atomic E-state index is 12.5. The highest BCUT2D eigenvalue weighted by Gasteiger charge is 2.39. The molecule has 3 unspecified atom stereocenters. The van der Waals surface area contributed by atoms with Gasteiger partial charge in [-0.2, -0.15) is 0 Å². The zero-order chi connectivity index (χ0) is 16.3. The Bertz CT molecular complexity index is 451. The summed E-state index contributed by atoms with van der Waals surface area (Å²) in [6, 6.07) is -0.930. The van der Waals surface area contributed by atoms with E-state index in [9.17, 15) is 14.4 Å². The molecule has 1 heterocycles. The first-order chi connectivity index (χ1) is 10.4. The summed E-state index contributed by atoms with van der Waals surface area (Å²) in [7, 11) is 0. The van der Waals surface area contributed by atoms with Crippen molar-refractivity contribution in [2.45, 2.75) is 51.6 Å². The average molecular weight is 328 g/mol. The van der Waals surface area contributed by atoms with E-state index in [2.05, 4.69) is 5.32 Å².